The Hall–Kier alpha value is -1.92. The second kappa shape index (κ2) is 58.6. The number of aliphatic hydroxyl groups excluding tert-OH is 2. The number of rotatable bonds is 57. The van der Waals surface area contributed by atoms with Gasteiger partial charge in [0.05, 0.1) is 25.4 Å². The van der Waals surface area contributed by atoms with Crippen molar-refractivity contribution in [1.29, 1.82) is 0 Å². The van der Waals surface area contributed by atoms with E-state index >= 15 is 0 Å². The minimum Gasteiger partial charge on any atom is -0.466 e. The molecule has 6 heteroatoms. The molecule has 0 aliphatic carbocycles. The Bertz CT molecular complexity index is 1120. The van der Waals surface area contributed by atoms with Crippen LogP contribution in [0.25, 0.3) is 0 Å². The van der Waals surface area contributed by atoms with Crippen LogP contribution in [0.15, 0.2) is 36.5 Å². The highest BCUT2D eigenvalue weighted by Gasteiger charge is 2.20. The van der Waals surface area contributed by atoms with Gasteiger partial charge in [-0.1, -0.05) is 275 Å². The monoisotopic (exact) mass is 970 g/mol. The number of esters is 1. The predicted octanol–water partition coefficient (Wildman–Crippen LogP) is 19.2. The summed E-state index contributed by atoms with van der Waals surface area (Å²) in [5.41, 5.74) is 0. The fraction of sp³-hybridized carbons (Fsp3) is 0.873. The van der Waals surface area contributed by atoms with E-state index < -0.39 is 12.1 Å². The van der Waals surface area contributed by atoms with Gasteiger partial charge in [-0.3, -0.25) is 9.59 Å². The van der Waals surface area contributed by atoms with Crippen LogP contribution in [0.1, 0.15) is 328 Å². The molecule has 2 unspecified atom stereocenters. The van der Waals surface area contributed by atoms with Gasteiger partial charge in [0.25, 0.3) is 0 Å². The van der Waals surface area contributed by atoms with Crippen molar-refractivity contribution in [1.82, 2.24) is 5.32 Å². The van der Waals surface area contributed by atoms with E-state index in [1.54, 1.807) is 0 Å². The smallest absolute Gasteiger partial charge is 0.305 e. The van der Waals surface area contributed by atoms with Crippen molar-refractivity contribution >= 4 is 11.9 Å². The number of carbonyl (C=O) groups is 2. The fourth-order valence-electron chi connectivity index (χ4n) is 9.44. The zero-order valence-corrected chi connectivity index (χ0v) is 46.3. The maximum Gasteiger partial charge on any atom is 0.305 e. The first-order chi connectivity index (χ1) is 34.0. The third kappa shape index (κ3) is 55.2. The second-order valence-electron chi connectivity index (χ2n) is 21.0. The summed E-state index contributed by atoms with van der Waals surface area (Å²) in [6.07, 6.45) is 73.0. The Balaban J connectivity index is 3.38. The van der Waals surface area contributed by atoms with E-state index in [0.717, 1.165) is 51.4 Å². The van der Waals surface area contributed by atoms with E-state index in [1.165, 1.54) is 244 Å². The van der Waals surface area contributed by atoms with Gasteiger partial charge in [0, 0.05) is 12.8 Å². The summed E-state index contributed by atoms with van der Waals surface area (Å²) in [4.78, 5) is 24.5. The van der Waals surface area contributed by atoms with E-state index in [-0.39, 0.29) is 18.5 Å². The molecule has 0 radical (unpaired) electrons. The van der Waals surface area contributed by atoms with Gasteiger partial charge in [-0.05, 0) is 77.0 Å². The van der Waals surface area contributed by atoms with E-state index in [9.17, 15) is 19.8 Å². The standard InChI is InChI=1S/C63H119NO5/c1-3-5-7-9-11-13-15-32-37-41-45-49-53-57-63(68)69-58-54-50-46-42-38-34-31-29-27-25-23-21-19-17-18-20-22-24-26-28-30-33-36-40-44-48-52-56-62(67)64-60(59-65)61(66)55-51-47-43-39-35-16-14-12-10-8-6-4-2/h7,9,13,15,17-18,60-61,65-66H,3-6,8,10-12,14,16,19-59H2,1-2H3,(H,64,67)/b9-7-,15-13-,18-17-. The third-order valence-corrected chi connectivity index (χ3v) is 14.1. The summed E-state index contributed by atoms with van der Waals surface area (Å²) in [7, 11) is 0. The number of hydrogen-bond donors (Lipinski definition) is 3. The van der Waals surface area contributed by atoms with Gasteiger partial charge >= 0.3 is 5.97 Å². The average Bonchev–Trinajstić information content (AvgIpc) is 3.35. The van der Waals surface area contributed by atoms with Crippen molar-refractivity contribution < 1.29 is 24.5 Å². The van der Waals surface area contributed by atoms with Gasteiger partial charge in [0.2, 0.25) is 5.91 Å². The number of hydrogen-bond acceptors (Lipinski definition) is 5. The molecule has 0 bridgehead atoms. The highest BCUT2D eigenvalue weighted by molar-refractivity contribution is 5.76. The van der Waals surface area contributed by atoms with E-state index in [0.29, 0.717) is 25.9 Å². The van der Waals surface area contributed by atoms with Crippen molar-refractivity contribution in [3.05, 3.63) is 36.5 Å². The Morgan fingerprint density at radius 3 is 1.17 bits per heavy atom. The van der Waals surface area contributed by atoms with Crippen LogP contribution < -0.4 is 5.32 Å². The summed E-state index contributed by atoms with van der Waals surface area (Å²) in [5, 5.41) is 23.2. The molecule has 0 aromatic carbocycles. The van der Waals surface area contributed by atoms with Crippen molar-refractivity contribution in [2.24, 2.45) is 0 Å². The molecule has 0 saturated heterocycles. The normalized spacial score (nSPS) is 12.8. The number of unbranched alkanes of at least 4 members (excludes halogenated alkanes) is 40. The third-order valence-electron chi connectivity index (χ3n) is 14.1. The van der Waals surface area contributed by atoms with Crippen LogP contribution in [0.3, 0.4) is 0 Å². The highest BCUT2D eigenvalue weighted by atomic mass is 16.5. The van der Waals surface area contributed by atoms with Gasteiger partial charge < -0.3 is 20.3 Å². The first-order valence-electron chi connectivity index (χ1n) is 30.7. The van der Waals surface area contributed by atoms with Gasteiger partial charge in [-0.15, -0.1) is 0 Å². The molecule has 69 heavy (non-hydrogen) atoms. The van der Waals surface area contributed by atoms with Gasteiger partial charge in [0.15, 0.2) is 0 Å². The molecule has 1 amide bonds. The molecule has 3 N–H and O–H groups in total. The molecule has 2 atom stereocenters. The molecule has 0 heterocycles. The largest absolute Gasteiger partial charge is 0.466 e. The molecule has 0 saturated carbocycles. The quantitative estimate of drug-likeness (QED) is 0.0321. The van der Waals surface area contributed by atoms with Crippen LogP contribution in [-0.4, -0.2) is 47.4 Å². The summed E-state index contributed by atoms with van der Waals surface area (Å²) in [6.45, 7) is 4.89. The number of nitrogens with one attached hydrogen (secondary N) is 1. The van der Waals surface area contributed by atoms with Gasteiger partial charge in [-0.25, -0.2) is 0 Å². The van der Waals surface area contributed by atoms with Crippen LogP contribution in [-0.2, 0) is 14.3 Å². The topological polar surface area (TPSA) is 95.9 Å². The number of aliphatic hydroxyl groups is 2. The molecule has 0 aromatic rings. The lowest BCUT2D eigenvalue weighted by Crippen LogP contribution is -2.45. The SMILES string of the molecule is CCC/C=C\C/C=C\CCCCCCCC(=O)OCCCCCCCCCCCCCC/C=C\CCCCCCCCCCCCCC(=O)NC(CO)C(O)CCCCCCCCCCCCCC. The van der Waals surface area contributed by atoms with E-state index in [2.05, 4.69) is 55.6 Å². The Kier molecular flexibility index (Phi) is 57.0. The van der Waals surface area contributed by atoms with E-state index in [4.69, 9.17) is 4.74 Å². The van der Waals surface area contributed by atoms with Crippen molar-refractivity contribution in [3.63, 3.8) is 0 Å². The Morgan fingerprint density at radius 1 is 0.406 bits per heavy atom. The van der Waals surface area contributed by atoms with Crippen LogP contribution in [0.5, 0.6) is 0 Å². The summed E-state index contributed by atoms with van der Waals surface area (Å²) < 4.78 is 5.47. The van der Waals surface area contributed by atoms with E-state index in [1.807, 2.05) is 0 Å². The summed E-state index contributed by atoms with van der Waals surface area (Å²) in [6, 6.07) is -0.541. The first kappa shape index (κ1) is 67.1. The summed E-state index contributed by atoms with van der Waals surface area (Å²) in [5.74, 6) is -0.0362. The molecule has 406 valence electrons. The average molecular weight is 971 g/mol. The Morgan fingerprint density at radius 2 is 0.754 bits per heavy atom. The minimum absolute atomic E-state index is 0.000441. The lowest BCUT2D eigenvalue weighted by molar-refractivity contribution is -0.143. The molecular formula is C63H119NO5. The molecular weight excluding hydrogens is 851 g/mol. The molecule has 0 rings (SSSR count). The second-order valence-corrected chi connectivity index (χ2v) is 21.0. The van der Waals surface area contributed by atoms with Crippen LogP contribution in [0.2, 0.25) is 0 Å². The number of allylic oxidation sites excluding steroid dienone is 6. The van der Waals surface area contributed by atoms with Crippen molar-refractivity contribution in [2.45, 2.75) is 341 Å². The maximum atomic E-state index is 12.5. The molecule has 0 aromatic heterocycles. The maximum absolute atomic E-state index is 12.5. The minimum atomic E-state index is -0.664. The molecule has 0 spiro atoms. The first-order valence-corrected chi connectivity index (χ1v) is 30.7. The van der Waals surface area contributed by atoms with Crippen LogP contribution >= 0.6 is 0 Å². The number of ether oxygens (including phenoxy) is 1. The number of amides is 1. The predicted molar refractivity (Wildman–Crippen MR) is 301 cm³/mol. The Labute approximate surface area is 430 Å². The van der Waals surface area contributed by atoms with Crippen molar-refractivity contribution in [3.8, 4) is 0 Å². The lowest BCUT2D eigenvalue weighted by Gasteiger charge is -2.22. The molecule has 0 aliphatic rings. The van der Waals surface area contributed by atoms with Crippen LogP contribution in [0.4, 0.5) is 0 Å². The zero-order chi connectivity index (χ0) is 50.0. The highest BCUT2D eigenvalue weighted by Crippen LogP contribution is 2.17. The van der Waals surface area contributed by atoms with Crippen molar-refractivity contribution in [2.75, 3.05) is 13.2 Å². The molecule has 6 nitrogen and oxygen atoms in total. The van der Waals surface area contributed by atoms with Crippen LogP contribution in [0, 0.1) is 0 Å². The van der Waals surface area contributed by atoms with Gasteiger partial charge in [-0.2, -0.15) is 0 Å². The van der Waals surface area contributed by atoms with Gasteiger partial charge in [0.1, 0.15) is 0 Å². The lowest BCUT2D eigenvalue weighted by atomic mass is 10.0. The molecule has 0 aliphatic heterocycles. The number of carbonyl (C=O) groups excluding carboxylic acids is 2. The zero-order valence-electron chi connectivity index (χ0n) is 46.3. The fourth-order valence-corrected chi connectivity index (χ4v) is 9.44. The molecule has 0 fully saturated rings. The summed E-state index contributed by atoms with van der Waals surface area (Å²) >= 11 is 0.